The zero-order valence-electron chi connectivity index (χ0n) is 17.0. The third kappa shape index (κ3) is 2.93. The summed E-state index contributed by atoms with van der Waals surface area (Å²) >= 11 is 0. The molecule has 0 atom stereocenters. The van der Waals surface area contributed by atoms with E-state index in [4.69, 9.17) is 14.2 Å². The van der Waals surface area contributed by atoms with Crippen LogP contribution in [0.15, 0.2) is 42.6 Å². The lowest BCUT2D eigenvalue weighted by Crippen LogP contribution is -1.99. The molecular formula is C24H27NO3. The van der Waals surface area contributed by atoms with Crippen molar-refractivity contribution in [1.29, 1.82) is 0 Å². The summed E-state index contributed by atoms with van der Waals surface area (Å²) in [5, 5.41) is 1.36. The molecule has 1 heterocycles. The molecule has 1 aromatic heterocycles. The first kappa shape index (κ1) is 18.5. The van der Waals surface area contributed by atoms with Crippen molar-refractivity contribution in [2.24, 2.45) is 0 Å². The summed E-state index contributed by atoms with van der Waals surface area (Å²) in [4.78, 5) is 0. The van der Waals surface area contributed by atoms with Crippen molar-refractivity contribution in [3.8, 4) is 17.2 Å². The summed E-state index contributed by atoms with van der Waals surface area (Å²) in [5.41, 5.74) is 6.37. The van der Waals surface area contributed by atoms with E-state index in [1.807, 2.05) is 12.1 Å². The molecule has 4 nitrogen and oxygen atoms in total. The van der Waals surface area contributed by atoms with Crippen molar-refractivity contribution in [3.05, 3.63) is 59.3 Å². The number of benzene rings is 2. The van der Waals surface area contributed by atoms with Crippen molar-refractivity contribution < 1.29 is 14.2 Å². The molecular weight excluding hydrogens is 350 g/mol. The van der Waals surface area contributed by atoms with E-state index in [0.717, 1.165) is 31.4 Å². The molecule has 0 unspecified atom stereocenters. The van der Waals surface area contributed by atoms with Crippen LogP contribution in [0.25, 0.3) is 16.5 Å². The Balaban J connectivity index is 1.92. The number of nitrogens with zero attached hydrogens (tertiary/aromatic N) is 1. The molecule has 0 radical (unpaired) electrons. The van der Waals surface area contributed by atoms with E-state index in [1.54, 1.807) is 21.3 Å². The van der Waals surface area contributed by atoms with Gasteiger partial charge >= 0.3 is 0 Å². The van der Waals surface area contributed by atoms with E-state index in [2.05, 4.69) is 42.0 Å². The maximum atomic E-state index is 5.58. The molecule has 0 bridgehead atoms. The highest BCUT2D eigenvalue weighted by Gasteiger charge is 2.20. The van der Waals surface area contributed by atoms with Gasteiger partial charge in [0.25, 0.3) is 0 Å². The minimum atomic E-state index is 0.624. The van der Waals surface area contributed by atoms with Gasteiger partial charge in [-0.2, -0.15) is 0 Å². The van der Waals surface area contributed by atoms with E-state index in [-0.39, 0.29) is 0 Å². The Morgan fingerprint density at radius 3 is 2.36 bits per heavy atom. The van der Waals surface area contributed by atoms with E-state index < -0.39 is 0 Å². The zero-order valence-corrected chi connectivity index (χ0v) is 17.0. The minimum absolute atomic E-state index is 0.624. The minimum Gasteiger partial charge on any atom is -0.493 e. The van der Waals surface area contributed by atoms with Crippen molar-refractivity contribution in [3.63, 3.8) is 0 Å². The van der Waals surface area contributed by atoms with Gasteiger partial charge in [0, 0.05) is 23.6 Å². The molecule has 28 heavy (non-hydrogen) atoms. The third-order valence-corrected chi connectivity index (χ3v) is 5.65. The van der Waals surface area contributed by atoms with Crippen LogP contribution in [0.1, 0.15) is 36.5 Å². The average Bonchev–Trinajstić information content (AvgIpc) is 3.04. The van der Waals surface area contributed by atoms with Gasteiger partial charge in [-0.3, -0.25) is 0 Å². The topological polar surface area (TPSA) is 32.6 Å². The first-order chi connectivity index (χ1) is 13.7. The quantitative estimate of drug-likeness (QED) is 0.592. The molecule has 0 amide bonds. The van der Waals surface area contributed by atoms with Crippen molar-refractivity contribution in [2.75, 3.05) is 21.3 Å². The largest absolute Gasteiger partial charge is 0.493 e. The molecule has 4 heteroatoms. The Labute approximate surface area is 166 Å². The monoisotopic (exact) mass is 377 g/mol. The van der Waals surface area contributed by atoms with Gasteiger partial charge in [0.05, 0.1) is 21.3 Å². The molecule has 0 fully saturated rings. The Morgan fingerprint density at radius 2 is 1.71 bits per heavy atom. The Bertz CT molecular complexity index is 1020. The molecule has 4 rings (SSSR count). The number of allylic oxidation sites excluding steroid dienone is 1. The normalized spacial score (nSPS) is 13.6. The highest BCUT2D eigenvalue weighted by atomic mass is 16.5. The van der Waals surface area contributed by atoms with Crippen molar-refractivity contribution in [1.82, 2.24) is 4.57 Å². The van der Waals surface area contributed by atoms with Gasteiger partial charge in [-0.25, -0.2) is 0 Å². The van der Waals surface area contributed by atoms with E-state index in [1.165, 1.54) is 27.6 Å². The number of ether oxygens (including phenoxy) is 3. The van der Waals surface area contributed by atoms with Crippen LogP contribution in [-0.2, 0) is 13.0 Å². The second-order valence-corrected chi connectivity index (χ2v) is 7.05. The number of rotatable bonds is 5. The zero-order chi connectivity index (χ0) is 19.7. The second-order valence-electron chi connectivity index (χ2n) is 7.05. The van der Waals surface area contributed by atoms with Crippen LogP contribution in [0.2, 0.25) is 0 Å². The molecule has 1 aliphatic rings. The molecule has 146 valence electrons. The molecule has 0 N–H and O–H groups in total. The molecule has 0 spiro atoms. The highest BCUT2D eigenvalue weighted by Crippen LogP contribution is 2.43. The number of aryl methyl sites for hydroxylation is 2. The van der Waals surface area contributed by atoms with Crippen LogP contribution in [0.4, 0.5) is 0 Å². The number of aromatic nitrogens is 1. The van der Waals surface area contributed by atoms with E-state index >= 15 is 0 Å². The lowest BCUT2D eigenvalue weighted by molar-refractivity contribution is 0.324. The molecule has 3 aromatic rings. The van der Waals surface area contributed by atoms with Gasteiger partial charge in [0.2, 0.25) is 5.75 Å². The Kier molecular flexibility index (Phi) is 5.03. The summed E-state index contributed by atoms with van der Waals surface area (Å²) < 4.78 is 19.0. The molecule has 0 saturated heterocycles. The van der Waals surface area contributed by atoms with Gasteiger partial charge in [-0.15, -0.1) is 0 Å². The van der Waals surface area contributed by atoms with E-state index in [9.17, 15) is 0 Å². The number of methoxy groups -OCH3 is 3. The van der Waals surface area contributed by atoms with Gasteiger partial charge in [0.15, 0.2) is 11.5 Å². The van der Waals surface area contributed by atoms with Crippen LogP contribution in [0.3, 0.4) is 0 Å². The summed E-state index contributed by atoms with van der Waals surface area (Å²) in [6, 6.07) is 10.9. The lowest BCUT2D eigenvalue weighted by Gasteiger charge is -2.17. The molecule has 0 aliphatic heterocycles. The second kappa shape index (κ2) is 7.63. The first-order valence-corrected chi connectivity index (χ1v) is 9.83. The number of hydrogen-bond donors (Lipinski definition) is 0. The molecule has 0 saturated carbocycles. The maximum Gasteiger partial charge on any atom is 0.203 e. The summed E-state index contributed by atoms with van der Waals surface area (Å²) in [6.45, 7) is 3.17. The van der Waals surface area contributed by atoms with Gasteiger partial charge in [0.1, 0.15) is 0 Å². The van der Waals surface area contributed by atoms with Crippen LogP contribution >= 0.6 is 0 Å². The van der Waals surface area contributed by atoms with Gasteiger partial charge in [-0.05, 0) is 72.7 Å². The van der Waals surface area contributed by atoms with Gasteiger partial charge in [-0.1, -0.05) is 12.1 Å². The summed E-state index contributed by atoms with van der Waals surface area (Å²) in [5.74, 6) is 1.99. The maximum absolute atomic E-state index is 5.58. The smallest absolute Gasteiger partial charge is 0.203 e. The fourth-order valence-electron chi connectivity index (χ4n) is 4.28. The molecule has 1 aliphatic carbocycles. The van der Waals surface area contributed by atoms with E-state index in [0.29, 0.717) is 17.2 Å². The molecule has 2 aromatic carbocycles. The van der Waals surface area contributed by atoms with Crippen molar-refractivity contribution in [2.45, 2.75) is 32.7 Å². The van der Waals surface area contributed by atoms with Crippen LogP contribution in [0, 0.1) is 0 Å². The highest BCUT2D eigenvalue weighted by molar-refractivity contribution is 5.93. The first-order valence-electron chi connectivity index (χ1n) is 9.83. The van der Waals surface area contributed by atoms with Crippen LogP contribution in [-0.4, -0.2) is 25.9 Å². The van der Waals surface area contributed by atoms with Gasteiger partial charge < -0.3 is 18.8 Å². The SMILES string of the molecule is CCn1ccc2c3c(ccc21)C(c1cc(OC)c(OC)c(OC)c1)=CCCC3. The Morgan fingerprint density at radius 1 is 0.964 bits per heavy atom. The van der Waals surface area contributed by atoms with Crippen LogP contribution < -0.4 is 14.2 Å². The number of hydrogen-bond acceptors (Lipinski definition) is 3. The van der Waals surface area contributed by atoms with Crippen molar-refractivity contribution >= 4 is 16.5 Å². The fraction of sp³-hybridized carbons (Fsp3) is 0.333. The predicted octanol–water partition coefficient (Wildman–Crippen LogP) is 5.46. The standard InChI is InChI=1S/C24H27NO3/c1-5-25-13-12-20-18-9-7-6-8-17(19(18)10-11-21(20)25)16-14-22(26-2)24(28-4)23(15-16)27-3/h8,10-15H,5-7,9H2,1-4H3. The summed E-state index contributed by atoms with van der Waals surface area (Å²) in [7, 11) is 4.95. The fourth-order valence-corrected chi connectivity index (χ4v) is 4.28. The third-order valence-electron chi connectivity index (χ3n) is 5.65. The average molecular weight is 377 g/mol. The predicted molar refractivity (Wildman–Crippen MR) is 114 cm³/mol. The van der Waals surface area contributed by atoms with Crippen LogP contribution in [0.5, 0.6) is 17.2 Å². The number of fused-ring (bicyclic) bond motifs is 3. The summed E-state index contributed by atoms with van der Waals surface area (Å²) in [6.07, 6.45) is 7.83. The lowest BCUT2D eigenvalue weighted by atomic mass is 9.91. The Hall–Kier alpha value is -2.88.